The molecule has 0 aliphatic heterocycles. The van der Waals surface area contributed by atoms with Crippen LogP contribution < -0.4 is 10.2 Å². The monoisotopic (exact) mass is 463 g/mol. The Morgan fingerprint density at radius 2 is 1.88 bits per heavy atom. The molecule has 0 spiro atoms. The van der Waals surface area contributed by atoms with Crippen LogP contribution in [0.2, 0.25) is 0 Å². The van der Waals surface area contributed by atoms with Gasteiger partial charge in [-0.1, -0.05) is 0 Å². The first-order chi connectivity index (χ1) is 12.5. The number of benzene rings is 1. The minimum Gasteiger partial charge on any atom is -0.373 e. The summed E-state index contributed by atoms with van der Waals surface area (Å²) in [5.41, 5.74) is 2.13. The molecule has 0 amide bonds. The molecule has 1 aromatic carbocycles. The molecule has 8 heteroatoms. The minimum absolute atomic E-state index is 0.558. The number of nitrogens with one attached hydrogen (secondary N) is 1. The van der Waals surface area contributed by atoms with Crippen molar-refractivity contribution in [1.29, 1.82) is 0 Å². The molecule has 0 aliphatic rings. The highest BCUT2D eigenvalue weighted by Crippen LogP contribution is 2.21. The van der Waals surface area contributed by atoms with E-state index in [1.807, 2.05) is 22.9 Å². The maximum absolute atomic E-state index is 4.59. The number of halogens is 1. The van der Waals surface area contributed by atoms with Gasteiger partial charge in [-0.25, -0.2) is 9.97 Å². The number of hydrogen-bond donors (Lipinski definition) is 1. The highest BCUT2D eigenvalue weighted by atomic mass is 127. The van der Waals surface area contributed by atoms with Crippen LogP contribution in [0, 0.1) is 3.57 Å². The zero-order valence-corrected chi connectivity index (χ0v) is 17.3. The van der Waals surface area contributed by atoms with E-state index in [0.717, 1.165) is 28.2 Å². The van der Waals surface area contributed by atoms with E-state index in [4.69, 9.17) is 0 Å². The van der Waals surface area contributed by atoms with E-state index in [0.29, 0.717) is 5.95 Å². The molecule has 0 aliphatic carbocycles. The van der Waals surface area contributed by atoms with E-state index in [9.17, 15) is 0 Å². The van der Waals surface area contributed by atoms with Crippen molar-refractivity contribution in [2.75, 3.05) is 44.4 Å². The third-order valence-corrected chi connectivity index (χ3v) is 4.68. The van der Waals surface area contributed by atoms with Gasteiger partial charge in [0.1, 0.15) is 6.33 Å². The zero-order chi connectivity index (χ0) is 18.5. The highest BCUT2D eigenvalue weighted by Gasteiger charge is 2.08. The Labute approximate surface area is 167 Å². The van der Waals surface area contributed by atoms with Gasteiger partial charge < -0.3 is 15.1 Å². The van der Waals surface area contributed by atoms with E-state index in [1.165, 1.54) is 5.69 Å². The van der Waals surface area contributed by atoms with Crippen LogP contribution in [0.4, 0.5) is 17.3 Å². The third-order valence-electron chi connectivity index (χ3n) is 3.92. The van der Waals surface area contributed by atoms with Gasteiger partial charge in [-0.3, -0.25) is 4.57 Å². The van der Waals surface area contributed by atoms with Crippen LogP contribution in [0.15, 0.2) is 49.2 Å². The number of aromatic nitrogens is 4. The predicted octanol–water partition coefficient (Wildman–Crippen LogP) is 3.01. The summed E-state index contributed by atoms with van der Waals surface area (Å²) < 4.78 is 2.83. The van der Waals surface area contributed by atoms with Crippen LogP contribution in [-0.2, 0) is 0 Å². The first-order valence-corrected chi connectivity index (χ1v) is 9.34. The van der Waals surface area contributed by atoms with E-state index in [1.54, 1.807) is 18.7 Å². The smallest absolute Gasteiger partial charge is 0.229 e. The first-order valence-electron chi connectivity index (χ1n) is 8.27. The molecule has 2 aromatic heterocycles. The quantitative estimate of drug-likeness (QED) is 0.544. The molecule has 0 saturated carbocycles. The second kappa shape index (κ2) is 8.45. The molecular weight excluding hydrogens is 441 g/mol. The third kappa shape index (κ3) is 4.70. The molecule has 0 unspecified atom stereocenters. The van der Waals surface area contributed by atoms with Crippen molar-refractivity contribution in [3.63, 3.8) is 0 Å². The van der Waals surface area contributed by atoms with Crippen LogP contribution >= 0.6 is 22.6 Å². The van der Waals surface area contributed by atoms with Crippen molar-refractivity contribution >= 4 is 39.9 Å². The average Bonchev–Trinajstić information content (AvgIpc) is 3.16. The molecule has 0 saturated heterocycles. The van der Waals surface area contributed by atoms with Crippen molar-refractivity contribution in [2.45, 2.75) is 0 Å². The SMILES string of the molecule is CN(C)CCN(C)c1ccc(Nc2ncc(I)c(-n3ccnc3)n2)cc1. The first kappa shape index (κ1) is 18.6. The molecule has 1 N–H and O–H groups in total. The van der Waals surface area contributed by atoms with Crippen LogP contribution in [0.1, 0.15) is 0 Å². The fraction of sp³-hybridized carbons (Fsp3) is 0.278. The molecule has 136 valence electrons. The molecule has 7 nitrogen and oxygen atoms in total. The van der Waals surface area contributed by atoms with Gasteiger partial charge >= 0.3 is 0 Å². The number of rotatable bonds is 7. The lowest BCUT2D eigenvalue weighted by Crippen LogP contribution is -2.28. The Balaban J connectivity index is 1.70. The summed E-state index contributed by atoms with van der Waals surface area (Å²) in [7, 11) is 6.27. The van der Waals surface area contributed by atoms with Crippen molar-refractivity contribution in [1.82, 2.24) is 24.4 Å². The van der Waals surface area contributed by atoms with E-state index in [2.05, 4.69) is 85.9 Å². The minimum atomic E-state index is 0.558. The molecular formula is C18H22IN7. The van der Waals surface area contributed by atoms with E-state index < -0.39 is 0 Å². The van der Waals surface area contributed by atoms with Crippen LogP contribution in [0.3, 0.4) is 0 Å². The lowest BCUT2D eigenvalue weighted by molar-refractivity contribution is 0.416. The van der Waals surface area contributed by atoms with Gasteiger partial charge in [0.25, 0.3) is 0 Å². The van der Waals surface area contributed by atoms with Crippen molar-refractivity contribution in [2.24, 2.45) is 0 Å². The second-order valence-corrected chi connectivity index (χ2v) is 7.39. The number of anilines is 3. The van der Waals surface area contributed by atoms with Crippen LogP contribution in [0.5, 0.6) is 0 Å². The number of imidazole rings is 1. The normalized spacial score (nSPS) is 11.0. The fourth-order valence-corrected chi connectivity index (χ4v) is 2.93. The molecule has 3 rings (SSSR count). The summed E-state index contributed by atoms with van der Waals surface area (Å²) >= 11 is 2.22. The molecule has 0 atom stereocenters. The maximum Gasteiger partial charge on any atom is 0.229 e. The maximum atomic E-state index is 4.59. The van der Waals surface area contributed by atoms with Gasteiger partial charge in [0.15, 0.2) is 5.82 Å². The molecule has 0 bridgehead atoms. The van der Waals surface area contributed by atoms with Crippen LogP contribution in [-0.4, -0.2) is 58.7 Å². The predicted molar refractivity (Wildman–Crippen MR) is 113 cm³/mol. The molecule has 0 fully saturated rings. The number of nitrogens with zero attached hydrogens (tertiary/aromatic N) is 6. The van der Waals surface area contributed by atoms with Crippen molar-refractivity contribution in [3.8, 4) is 5.82 Å². The van der Waals surface area contributed by atoms with Gasteiger partial charge in [-0.2, -0.15) is 4.98 Å². The number of hydrogen-bond acceptors (Lipinski definition) is 6. The van der Waals surface area contributed by atoms with E-state index >= 15 is 0 Å². The topological polar surface area (TPSA) is 62.1 Å². The summed E-state index contributed by atoms with van der Waals surface area (Å²) in [6.07, 6.45) is 7.13. The fourth-order valence-electron chi connectivity index (χ4n) is 2.39. The summed E-state index contributed by atoms with van der Waals surface area (Å²) in [6, 6.07) is 8.28. The lowest BCUT2D eigenvalue weighted by atomic mass is 10.2. The highest BCUT2D eigenvalue weighted by molar-refractivity contribution is 14.1. The summed E-state index contributed by atoms with van der Waals surface area (Å²) in [5, 5.41) is 3.26. The van der Waals surface area contributed by atoms with Gasteiger partial charge in [-0.05, 0) is 61.0 Å². The average molecular weight is 463 g/mol. The summed E-state index contributed by atoms with van der Waals surface area (Å²) in [5.74, 6) is 1.36. The molecule has 2 heterocycles. The summed E-state index contributed by atoms with van der Waals surface area (Å²) in [6.45, 7) is 2.00. The number of likely N-dealkylation sites (N-methyl/N-ethyl adjacent to an activating group) is 2. The van der Waals surface area contributed by atoms with Gasteiger partial charge in [0.05, 0.1) is 3.57 Å². The van der Waals surface area contributed by atoms with Crippen molar-refractivity contribution < 1.29 is 0 Å². The second-order valence-electron chi connectivity index (χ2n) is 6.23. The Hall–Kier alpha value is -2.20. The Bertz CT molecular complexity index is 831. The van der Waals surface area contributed by atoms with E-state index in [-0.39, 0.29) is 0 Å². The van der Waals surface area contributed by atoms with Crippen molar-refractivity contribution in [3.05, 3.63) is 52.8 Å². The molecule has 3 aromatic rings. The zero-order valence-electron chi connectivity index (χ0n) is 15.1. The van der Waals surface area contributed by atoms with Gasteiger partial charge in [0.2, 0.25) is 5.95 Å². The Kier molecular flexibility index (Phi) is 6.04. The molecule has 0 radical (unpaired) electrons. The Morgan fingerprint density at radius 1 is 1.12 bits per heavy atom. The largest absolute Gasteiger partial charge is 0.373 e. The lowest BCUT2D eigenvalue weighted by Gasteiger charge is -2.21. The summed E-state index contributed by atoms with van der Waals surface area (Å²) in [4.78, 5) is 17.5. The Morgan fingerprint density at radius 3 is 2.54 bits per heavy atom. The van der Waals surface area contributed by atoms with Gasteiger partial charge in [-0.15, -0.1) is 0 Å². The molecule has 26 heavy (non-hydrogen) atoms. The van der Waals surface area contributed by atoms with Crippen LogP contribution in [0.25, 0.3) is 5.82 Å². The standard InChI is InChI=1S/C18H22IN7/c1-24(2)10-11-25(3)15-6-4-14(5-7-15)22-18-21-12-16(19)17(23-18)26-9-8-20-13-26/h4-9,12-13H,10-11H2,1-3H3,(H,21,22,23). The van der Waals surface area contributed by atoms with Gasteiger partial charge in [0, 0.05) is 50.1 Å².